The van der Waals surface area contributed by atoms with E-state index in [0.29, 0.717) is 10.7 Å². The van der Waals surface area contributed by atoms with E-state index in [1.54, 1.807) is 6.21 Å². The van der Waals surface area contributed by atoms with Crippen LogP contribution in [0, 0.1) is 0 Å². The third kappa shape index (κ3) is 3.72. The Balaban J connectivity index is 1.70. The van der Waals surface area contributed by atoms with Crippen LogP contribution in [0.15, 0.2) is 82.4 Å². The summed E-state index contributed by atoms with van der Waals surface area (Å²) in [4.78, 5) is 16.1. The Morgan fingerprint density at radius 3 is 2.50 bits per heavy atom. The van der Waals surface area contributed by atoms with Crippen LogP contribution in [0.4, 0.5) is 0 Å². The zero-order valence-electron chi connectivity index (χ0n) is 14.6. The highest BCUT2D eigenvalue weighted by Crippen LogP contribution is 2.36. The standard InChI is InChI=1S/C22H15BrClN3O/c23-15-11-9-14(10-12-15)13-25-27-22(28)21-20(16-5-1-3-7-18(16)24)17-6-2-4-8-19(17)26-21/h1-13,26H,(H,27,28)/b25-13+. The Kier molecular flexibility index (Phi) is 5.28. The molecule has 138 valence electrons. The van der Waals surface area contributed by atoms with Gasteiger partial charge in [0.15, 0.2) is 0 Å². The van der Waals surface area contributed by atoms with E-state index in [4.69, 9.17) is 11.6 Å². The Morgan fingerprint density at radius 2 is 1.71 bits per heavy atom. The molecule has 1 heterocycles. The van der Waals surface area contributed by atoms with Crippen LogP contribution >= 0.6 is 27.5 Å². The van der Waals surface area contributed by atoms with E-state index < -0.39 is 0 Å². The molecule has 4 rings (SSSR count). The van der Waals surface area contributed by atoms with Crippen molar-refractivity contribution in [3.8, 4) is 11.1 Å². The smallest absolute Gasteiger partial charge is 0.288 e. The molecule has 4 aromatic rings. The van der Waals surface area contributed by atoms with Gasteiger partial charge in [-0.05, 0) is 29.8 Å². The third-order valence-electron chi connectivity index (χ3n) is 4.33. The fraction of sp³-hybridized carbons (Fsp3) is 0. The van der Waals surface area contributed by atoms with Crippen LogP contribution < -0.4 is 5.43 Å². The molecular weight excluding hydrogens is 438 g/mol. The predicted molar refractivity (Wildman–Crippen MR) is 118 cm³/mol. The number of carbonyl (C=O) groups is 1. The minimum atomic E-state index is -0.334. The Morgan fingerprint density at radius 1 is 1.00 bits per heavy atom. The molecule has 0 unspecified atom stereocenters. The summed E-state index contributed by atoms with van der Waals surface area (Å²) >= 11 is 9.80. The second-order valence-corrected chi connectivity index (χ2v) is 7.47. The van der Waals surface area contributed by atoms with Crippen molar-refractivity contribution < 1.29 is 4.79 Å². The molecule has 4 nitrogen and oxygen atoms in total. The van der Waals surface area contributed by atoms with Crippen molar-refractivity contribution in [3.63, 3.8) is 0 Å². The van der Waals surface area contributed by atoms with Gasteiger partial charge in [0.05, 0.1) is 6.21 Å². The maximum atomic E-state index is 12.9. The minimum Gasteiger partial charge on any atom is -0.350 e. The number of aromatic amines is 1. The second-order valence-electron chi connectivity index (χ2n) is 6.15. The number of nitrogens with one attached hydrogen (secondary N) is 2. The first-order chi connectivity index (χ1) is 13.6. The van der Waals surface area contributed by atoms with Gasteiger partial charge in [-0.25, -0.2) is 5.43 Å². The molecule has 0 fully saturated rings. The fourth-order valence-corrected chi connectivity index (χ4v) is 3.52. The van der Waals surface area contributed by atoms with Crippen LogP contribution in [0.2, 0.25) is 5.02 Å². The molecule has 2 N–H and O–H groups in total. The summed E-state index contributed by atoms with van der Waals surface area (Å²) in [7, 11) is 0. The lowest BCUT2D eigenvalue weighted by atomic mass is 10.0. The SMILES string of the molecule is O=C(N/N=C/c1ccc(Br)cc1)c1[nH]c2ccccc2c1-c1ccccc1Cl. The van der Waals surface area contributed by atoms with Crippen LogP contribution in [0.1, 0.15) is 16.1 Å². The number of amides is 1. The topological polar surface area (TPSA) is 57.2 Å². The van der Waals surface area contributed by atoms with E-state index in [1.165, 1.54) is 0 Å². The highest BCUT2D eigenvalue weighted by atomic mass is 79.9. The van der Waals surface area contributed by atoms with Crippen LogP contribution in [0.5, 0.6) is 0 Å². The molecule has 0 atom stereocenters. The number of hydrogen-bond acceptors (Lipinski definition) is 2. The van der Waals surface area contributed by atoms with Gasteiger partial charge in [0.1, 0.15) is 5.69 Å². The number of hydrogen-bond donors (Lipinski definition) is 2. The van der Waals surface area contributed by atoms with Crippen LogP contribution in [0.25, 0.3) is 22.0 Å². The van der Waals surface area contributed by atoms with Crippen molar-refractivity contribution in [2.24, 2.45) is 5.10 Å². The summed E-state index contributed by atoms with van der Waals surface area (Å²) in [6, 6.07) is 22.9. The van der Waals surface area contributed by atoms with Gasteiger partial charge in [0.2, 0.25) is 0 Å². The van der Waals surface area contributed by atoms with Gasteiger partial charge in [-0.15, -0.1) is 0 Å². The summed E-state index contributed by atoms with van der Waals surface area (Å²) in [5, 5.41) is 5.59. The van der Waals surface area contributed by atoms with Gasteiger partial charge in [0, 0.05) is 31.5 Å². The van der Waals surface area contributed by atoms with E-state index in [2.05, 4.69) is 31.4 Å². The summed E-state index contributed by atoms with van der Waals surface area (Å²) < 4.78 is 0.983. The van der Waals surface area contributed by atoms with Crippen molar-refractivity contribution in [2.45, 2.75) is 0 Å². The number of benzene rings is 3. The quantitative estimate of drug-likeness (QED) is 0.289. The number of aromatic nitrogens is 1. The molecule has 28 heavy (non-hydrogen) atoms. The van der Waals surface area contributed by atoms with Crippen LogP contribution in [-0.4, -0.2) is 17.1 Å². The van der Waals surface area contributed by atoms with E-state index in [-0.39, 0.29) is 5.91 Å². The lowest BCUT2D eigenvalue weighted by Crippen LogP contribution is -2.18. The highest BCUT2D eigenvalue weighted by molar-refractivity contribution is 9.10. The average Bonchev–Trinajstić information content (AvgIpc) is 3.09. The van der Waals surface area contributed by atoms with E-state index in [0.717, 1.165) is 32.1 Å². The number of rotatable bonds is 4. The van der Waals surface area contributed by atoms with E-state index in [1.807, 2.05) is 72.8 Å². The van der Waals surface area contributed by atoms with Crippen LogP contribution in [0.3, 0.4) is 0 Å². The normalized spacial score (nSPS) is 11.2. The minimum absolute atomic E-state index is 0.334. The third-order valence-corrected chi connectivity index (χ3v) is 5.18. The largest absolute Gasteiger partial charge is 0.350 e. The number of halogens is 2. The number of fused-ring (bicyclic) bond motifs is 1. The molecule has 1 amide bonds. The molecular formula is C22H15BrClN3O. The summed E-state index contributed by atoms with van der Waals surface area (Å²) in [5.41, 5.74) is 6.31. The molecule has 6 heteroatoms. The number of nitrogens with zero attached hydrogens (tertiary/aromatic N) is 1. The molecule has 0 radical (unpaired) electrons. The molecule has 0 aliphatic rings. The Hall–Kier alpha value is -2.89. The average molecular weight is 453 g/mol. The number of para-hydroxylation sites is 1. The first-order valence-corrected chi connectivity index (χ1v) is 9.75. The number of hydrazone groups is 1. The van der Waals surface area contributed by atoms with E-state index >= 15 is 0 Å². The van der Waals surface area contributed by atoms with Crippen molar-refractivity contribution in [2.75, 3.05) is 0 Å². The lowest BCUT2D eigenvalue weighted by molar-refractivity contribution is 0.0951. The highest BCUT2D eigenvalue weighted by Gasteiger charge is 2.20. The van der Waals surface area contributed by atoms with Crippen molar-refractivity contribution in [1.29, 1.82) is 0 Å². The molecule has 0 aliphatic carbocycles. The predicted octanol–water partition coefficient (Wildman–Crippen LogP) is 6.01. The second kappa shape index (κ2) is 8.00. The van der Waals surface area contributed by atoms with Crippen LogP contribution in [-0.2, 0) is 0 Å². The number of carbonyl (C=O) groups excluding carboxylic acids is 1. The zero-order valence-corrected chi connectivity index (χ0v) is 17.0. The van der Waals surface area contributed by atoms with Gasteiger partial charge in [0.25, 0.3) is 5.91 Å². The Labute approximate surface area is 175 Å². The van der Waals surface area contributed by atoms with Crippen molar-refractivity contribution >= 4 is 50.6 Å². The summed E-state index contributed by atoms with van der Waals surface area (Å²) in [6.45, 7) is 0. The summed E-state index contributed by atoms with van der Waals surface area (Å²) in [6.07, 6.45) is 1.60. The van der Waals surface area contributed by atoms with Gasteiger partial charge in [-0.1, -0.05) is 76.1 Å². The molecule has 0 saturated carbocycles. The first kappa shape index (κ1) is 18.5. The van der Waals surface area contributed by atoms with Crippen molar-refractivity contribution in [3.05, 3.63) is 93.5 Å². The Bertz CT molecular complexity index is 1180. The maximum Gasteiger partial charge on any atom is 0.288 e. The van der Waals surface area contributed by atoms with Gasteiger partial charge >= 0.3 is 0 Å². The maximum absolute atomic E-state index is 12.9. The van der Waals surface area contributed by atoms with E-state index in [9.17, 15) is 4.79 Å². The van der Waals surface area contributed by atoms with Gasteiger partial charge < -0.3 is 4.98 Å². The van der Waals surface area contributed by atoms with Gasteiger partial charge in [-0.3, -0.25) is 4.79 Å². The van der Waals surface area contributed by atoms with Crippen molar-refractivity contribution in [1.82, 2.24) is 10.4 Å². The summed E-state index contributed by atoms with van der Waals surface area (Å²) in [5.74, 6) is -0.334. The number of H-pyrrole nitrogens is 1. The molecule has 0 aliphatic heterocycles. The fourth-order valence-electron chi connectivity index (χ4n) is 3.03. The molecule has 0 bridgehead atoms. The molecule has 0 spiro atoms. The monoisotopic (exact) mass is 451 g/mol. The molecule has 1 aromatic heterocycles. The zero-order chi connectivity index (χ0) is 19.5. The molecule has 3 aromatic carbocycles. The van der Waals surface area contributed by atoms with Gasteiger partial charge in [-0.2, -0.15) is 5.10 Å². The molecule has 0 saturated heterocycles. The first-order valence-electron chi connectivity index (χ1n) is 8.58. The lowest BCUT2D eigenvalue weighted by Gasteiger charge is -2.06.